The second-order valence-electron chi connectivity index (χ2n) is 5.88. The van der Waals surface area contributed by atoms with Gasteiger partial charge in [-0.15, -0.1) is 0 Å². The minimum atomic E-state index is -1.02. The topological polar surface area (TPSA) is 107 Å². The van der Waals surface area contributed by atoms with Crippen LogP contribution in [0.15, 0.2) is 36.8 Å². The van der Waals surface area contributed by atoms with Crippen LogP contribution in [0.2, 0.25) is 0 Å². The molecule has 2 rings (SSSR count). The Morgan fingerprint density at radius 2 is 2.19 bits per heavy atom. The summed E-state index contributed by atoms with van der Waals surface area (Å²) in [5, 5.41) is 15.1. The summed E-state index contributed by atoms with van der Waals surface area (Å²) < 4.78 is 0. The van der Waals surface area contributed by atoms with Crippen molar-refractivity contribution in [2.75, 3.05) is 19.1 Å². The first-order valence-electron chi connectivity index (χ1n) is 8.32. The molecule has 1 amide bonds. The SMILES string of the molecule is CNC(Cc1c[nH]cn1)c1cccc(C(=O)NC(CCSC)C(=O)O)c1. The number of hydrogen-bond donors (Lipinski definition) is 4. The fourth-order valence-electron chi connectivity index (χ4n) is 2.63. The van der Waals surface area contributed by atoms with Gasteiger partial charge in [-0.05, 0) is 43.2 Å². The van der Waals surface area contributed by atoms with Crippen molar-refractivity contribution in [1.29, 1.82) is 0 Å². The number of carbonyl (C=O) groups is 2. The van der Waals surface area contributed by atoms with Crippen LogP contribution < -0.4 is 10.6 Å². The van der Waals surface area contributed by atoms with E-state index in [2.05, 4.69) is 20.6 Å². The Bertz CT molecular complexity index is 721. The first-order valence-corrected chi connectivity index (χ1v) is 9.72. The number of aromatic amines is 1. The normalized spacial score (nSPS) is 13.2. The smallest absolute Gasteiger partial charge is 0.326 e. The standard InChI is InChI=1S/C18H24N4O3S/c1-19-16(9-14-10-20-11-21-14)12-4-3-5-13(8-12)17(23)22-15(18(24)25)6-7-26-2/h3-5,8,10-11,15-16,19H,6-7,9H2,1-2H3,(H,20,21)(H,22,23)(H,24,25). The third-order valence-corrected chi connectivity index (χ3v) is 4.73. The first-order chi connectivity index (χ1) is 12.5. The Balaban J connectivity index is 2.11. The van der Waals surface area contributed by atoms with E-state index in [1.807, 2.05) is 25.6 Å². The van der Waals surface area contributed by atoms with Crippen LogP contribution in [0.1, 0.15) is 34.1 Å². The van der Waals surface area contributed by atoms with Crippen molar-refractivity contribution < 1.29 is 14.7 Å². The van der Waals surface area contributed by atoms with Crippen molar-refractivity contribution in [3.63, 3.8) is 0 Å². The molecule has 0 aliphatic rings. The van der Waals surface area contributed by atoms with E-state index in [4.69, 9.17) is 0 Å². The summed E-state index contributed by atoms with van der Waals surface area (Å²) in [6, 6.07) is 6.33. The number of nitrogens with one attached hydrogen (secondary N) is 3. The van der Waals surface area contributed by atoms with Gasteiger partial charge in [0.1, 0.15) is 6.04 Å². The van der Waals surface area contributed by atoms with Gasteiger partial charge in [-0.2, -0.15) is 11.8 Å². The van der Waals surface area contributed by atoms with Crippen LogP contribution in [-0.4, -0.2) is 52.0 Å². The molecule has 0 saturated carbocycles. The van der Waals surface area contributed by atoms with E-state index in [0.717, 1.165) is 11.3 Å². The highest BCUT2D eigenvalue weighted by atomic mass is 32.2. The molecule has 0 fully saturated rings. The number of nitrogens with zero attached hydrogens (tertiary/aromatic N) is 1. The number of hydrogen-bond acceptors (Lipinski definition) is 5. The molecule has 1 heterocycles. The molecule has 0 bridgehead atoms. The number of benzene rings is 1. The molecule has 7 nitrogen and oxygen atoms in total. The monoisotopic (exact) mass is 376 g/mol. The Hall–Kier alpha value is -2.32. The molecular formula is C18H24N4O3S. The van der Waals surface area contributed by atoms with Crippen molar-refractivity contribution in [2.45, 2.75) is 24.9 Å². The Morgan fingerprint density at radius 3 is 2.81 bits per heavy atom. The summed E-state index contributed by atoms with van der Waals surface area (Å²) in [4.78, 5) is 31.0. The van der Waals surface area contributed by atoms with Crippen molar-refractivity contribution in [3.8, 4) is 0 Å². The summed E-state index contributed by atoms with van der Waals surface area (Å²) in [6.07, 6.45) is 6.44. The highest BCUT2D eigenvalue weighted by Crippen LogP contribution is 2.18. The Labute approximate surface area is 157 Å². The number of amides is 1. The van der Waals surface area contributed by atoms with Gasteiger partial charge < -0.3 is 20.7 Å². The van der Waals surface area contributed by atoms with Crippen LogP contribution in [0.3, 0.4) is 0 Å². The molecule has 4 N–H and O–H groups in total. The highest BCUT2D eigenvalue weighted by Gasteiger charge is 2.21. The zero-order valence-electron chi connectivity index (χ0n) is 14.9. The molecule has 0 spiro atoms. The number of thioether (sulfide) groups is 1. The van der Waals surface area contributed by atoms with Gasteiger partial charge in [0.25, 0.3) is 5.91 Å². The average Bonchev–Trinajstić information content (AvgIpc) is 3.16. The maximum absolute atomic E-state index is 12.5. The molecule has 1 aromatic carbocycles. The van der Waals surface area contributed by atoms with E-state index in [0.29, 0.717) is 24.2 Å². The molecule has 0 aliphatic carbocycles. The fourth-order valence-corrected chi connectivity index (χ4v) is 3.10. The zero-order valence-corrected chi connectivity index (χ0v) is 15.7. The number of H-pyrrole nitrogens is 1. The van der Waals surface area contributed by atoms with Gasteiger partial charge in [0, 0.05) is 24.2 Å². The van der Waals surface area contributed by atoms with Crippen LogP contribution in [0.4, 0.5) is 0 Å². The van der Waals surface area contributed by atoms with Crippen molar-refractivity contribution in [3.05, 3.63) is 53.6 Å². The quantitative estimate of drug-likeness (QED) is 0.504. The van der Waals surface area contributed by atoms with Crippen LogP contribution in [0, 0.1) is 0 Å². The number of likely N-dealkylation sites (N-methyl/N-ethyl adjacent to an activating group) is 1. The average molecular weight is 376 g/mol. The molecule has 2 atom stereocenters. The third kappa shape index (κ3) is 5.60. The van der Waals surface area contributed by atoms with Crippen molar-refractivity contribution >= 4 is 23.6 Å². The maximum Gasteiger partial charge on any atom is 0.326 e. The minimum Gasteiger partial charge on any atom is -0.480 e. The van der Waals surface area contributed by atoms with Crippen LogP contribution in [0.25, 0.3) is 0 Å². The zero-order chi connectivity index (χ0) is 18.9. The molecule has 140 valence electrons. The molecule has 8 heteroatoms. The van der Waals surface area contributed by atoms with Gasteiger partial charge in [-0.3, -0.25) is 4.79 Å². The predicted molar refractivity (Wildman–Crippen MR) is 102 cm³/mol. The van der Waals surface area contributed by atoms with E-state index in [1.54, 1.807) is 36.3 Å². The lowest BCUT2D eigenvalue weighted by atomic mass is 10.00. The number of imidazole rings is 1. The lowest BCUT2D eigenvalue weighted by Gasteiger charge is -2.17. The lowest BCUT2D eigenvalue weighted by Crippen LogP contribution is -2.41. The van der Waals surface area contributed by atoms with Gasteiger partial charge in [0.2, 0.25) is 0 Å². The van der Waals surface area contributed by atoms with Gasteiger partial charge in [0.15, 0.2) is 0 Å². The van der Waals surface area contributed by atoms with Crippen molar-refractivity contribution in [2.24, 2.45) is 0 Å². The number of carboxylic acid groups (broad SMARTS) is 1. The summed E-state index contributed by atoms with van der Waals surface area (Å²) in [7, 11) is 1.85. The van der Waals surface area contributed by atoms with Gasteiger partial charge >= 0.3 is 5.97 Å². The second kappa shape index (κ2) is 9.98. The molecule has 1 aromatic heterocycles. The van der Waals surface area contributed by atoms with E-state index in [9.17, 15) is 14.7 Å². The van der Waals surface area contributed by atoms with Gasteiger partial charge in [-0.25, -0.2) is 9.78 Å². The van der Waals surface area contributed by atoms with Crippen LogP contribution in [-0.2, 0) is 11.2 Å². The minimum absolute atomic E-state index is 0.00203. The van der Waals surface area contributed by atoms with Gasteiger partial charge in [-0.1, -0.05) is 12.1 Å². The Kier molecular flexibility index (Phi) is 7.68. The van der Waals surface area contributed by atoms with Crippen LogP contribution in [0.5, 0.6) is 0 Å². The molecule has 2 aromatic rings. The number of carboxylic acids is 1. The third-order valence-electron chi connectivity index (χ3n) is 4.08. The summed E-state index contributed by atoms with van der Waals surface area (Å²) in [5.74, 6) is -0.729. The Morgan fingerprint density at radius 1 is 1.38 bits per heavy atom. The number of carbonyl (C=O) groups excluding carboxylic acids is 1. The van der Waals surface area contributed by atoms with Gasteiger partial charge in [0.05, 0.1) is 12.0 Å². The summed E-state index contributed by atoms with van der Waals surface area (Å²) >= 11 is 1.55. The molecule has 2 unspecified atom stereocenters. The number of aromatic nitrogens is 2. The van der Waals surface area contributed by atoms with E-state index in [-0.39, 0.29) is 11.9 Å². The van der Waals surface area contributed by atoms with E-state index in [1.165, 1.54) is 0 Å². The molecule has 0 radical (unpaired) electrons. The summed E-state index contributed by atoms with van der Waals surface area (Å²) in [5.41, 5.74) is 2.31. The highest BCUT2D eigenvalue weighted by molar-refractivity contribution is 7.98. The largest absolute Gasteiger partial charge is 0.480 e. The fraction of sp³-hybridized carbons (Fsp3) is 0.389. The van der Waals surface area contributed by atoms with E-state index >= 15 is 0 Å². The first kappa shape index (κ1) is 20.0. The predicted octanol–water partition coefficient (Wildman–Crippen LogP) is 1.85. The molecular weight excluding hydrogens is 352 g/mol. The molecule has 26 heavy (non-hydrogen) atoms. The number of aliphatic carboxylic acids is 1. The molecule has 0 saturated heterocycles. The number of rotatable bonds is 10. The second-order valence-corrected chi connectivity index (χ2v) is 6.86. The van der Waals surface area contributed by atoms with Crippen LogP contribution >= 0.6 is 11.8 Å². The lowest BCUT2D eigenvalue weighted by molar-refractivity contribution is -0.139. The maximum atomic E-state index is 12.5. The van der Waals surface area contributed by atoms with E-state index < -0.39 is 12.0 Å². The van der Waals surface area contributed by atoms with Crippen molar-refractivity contribution in [1.82, 2.24) is 20.6 Å². The summed E-state index contributed by atoms with van der Waals surface area (Å²) in [6.45, 7) is 0. The molecule has 0 aliphatic heterocycles.